The van der Waals surface area contributed by atoms with E-state index in [2.05, 4.69) is 4.98 Å². The number of aromatic nitrogens is 1. The van der Waals surface area contributed by atoms with Crippen LogP contribution < -0.4 is 9.47 Å². The Bertz CT molecular complexity index is 1090. The molecule has 9 heteroatoms. The van der Waals surface area contributed by atoms with Crippen LogP contribution >= 0.6 is 0 Å². The minimum atomic E-state index is -3.61. The fourth-order valence-corrected chi connectivity index (χ4v) is 7.18. The number of rotatable bonds is 5. The van der Waals surface area contributed by atoms with Gasteiger partial charge in [-0.25, -0.2) is 17.8 Å². The van der Waals surface area contributed by atoms with Crippen LogP contribution in [0.25, 0.3) is 0 Å². The van der Waals surface area contributed by atoms with E-state index in [-0.39, 0.29) is 11.8 Å². The first kappa shape index (κ1) is 21.6. The van der Waals surface area contributed by atoms with Gasteiger partial charge in [-0.2, -0.15) is 4.31 Å². The summed E-state index contributed by atoms with van der Waals surface area (Å²) in [5.41, 5.74) is 1.44. The Morgan fingerprint density at radius 2 is 2.03 bits per heavy atom. The van der Waals surface area contributed by atoms with Crippen LogP contribution in [0.2, 0.25) is 0 Å². The highest BCUT2D eigenvalue weighted by Gasteiger charge is 2.52. The zero-order valence-electron chi connectivity index (χ0n) is 17.9. The van der Waals surface area contributed by atoms with E-state index < -0.39 is 27.1 Å². The average molecular weight is 463 g/mol. The third-order valence-corrected chi connectivity index (χ3v) is 9.03. The van der Waals surface area contributed by atoms with Crippen LogP contribution in [0.1, 0.15) is 30.1 Å². The van der Waals surface area contributed by atoms with Crippen LogP contribution in [0.4, 0.5) is 4.39 Å². The Balaban J connectivity index is 1.46. The molecular weight excluding hydrogens is 435 g/mol. The van der Waals surface area contributed by atoms with E-state index in [4.69, 9.17) is 14.2 Å². The summed E-state index contributed by atoms with van der Waals surface area (Å²) in [4.78, 5) is 4.38. The summed E-state index contributed by atoms with van der Waals surface area (Å²) < 4.78 is 60.4. The van der Waals surface area contributed by atoms with Gasteiger partial charge in [-0.05, 0) is 44.0 Å². The van der Waals surface area contributed by atoms with Gasteiger partial charge < -0.3 is 14.2 Å². The Labute approximate surface area is 187 Å². The van der Waals surface area contributed by atoms with Crippen LogP contribution in [0.5, 0.6) is 11.6 Å². The lowest BCUT2D eigenvalue weighted by Gasteiger charge is -2.36. The summed E-state index contributed by atoms with van der Waals surface area (Å²) in [6.07, 6.45) is 0.939. The summed E-state index contributed by atoms with van der Waals surface area (Å²) in [7, 11) is -3.61. The summed E-state index contributed by atoms with van der Waals surface area (Å²) >= 11 is 0. The summed E-state index contributed by atoms with van der Waals surface area (Å²) in [5.74, 6) is 0.411. The van der Waals surface area contributed by atoms with Crippen molar-refractivity contribution in [1.82, 2.24) is 9.29 Å². The molecule has 0 saturated carbocycles. The van der Waals surface area contributed by atoms with Gasteiger partial charge in [-0.1, -0.05) is 6.07 Å². The number of fused-ring (bicyclic) bond motifs is 3. The molecule has 0 bridgehead atoms. The number of pyridine rings is 1. The SMILES string of the molecule is Cc1cccc(OC[C@@H]2CN(S(=O)(=O)C3CCOCC3)[C@H]3c4cc(F)ccc4OC[C@@H]23)n1. The molecule has 0 aliphatic carbocycles. The van der Waals surface area contributed by atoms with Gasteiger partial charge in [0.25, 0.3) is 0 Å². The van der Waals surface area contributed by atoms with Crippen LogP contribution in [0.3, 0.4) is 0 Å². The first-order chi connectivity index (χ1) is 15.4. The maximum absolute atomic E-state index is 14.2. The molecule has 172 valence electrons. The molecule has 3 atom stereocenters. The molecule has 7 nitrogen and oxygen atoms in total. The van der Waals surface area contributed by atoms with Crippen LogP contribution in [0.15, 0.2) is 36.4 Å². The van der Waals surface area contributed by atoms with E-state index >= 15 is 0 Å². The first-order valence-corrected chi connectivity index (χ1v) is 12.5. The van der Waals surface area contributed by atoms with E-state index in [0.29, 0.717) is 63.0 Å². The van der Waals surface area contributed by atoms with Gasteiger partial charge in [0.15, 0.2) is 0 Å². The van der Waals surface area contributed by atoms with Crippen molar-refractivity contribution in [3.05, 3.63) is 53.5 Å². The second-order valence-corrected chi connectivity index (χ2v) is 10.9. The van der Waals surface area contributed by atoms with Gasteiger partial charge in [0.1, 0.15) is 11.6 Å². The molecule has 0 unspecified atom stereocenters. The van der Waals surface area contributed by atoms with Crippen molar-refractivity contribution in [3.63, 3.8) is 0 Å². The smallest absolute Gasteiger partial charge is 0.217 e. The molecule has 1 aromatic heterocycles. The molecule has 1 aromatic carbocycles. The monoisotopic (exact) mass is 462 g/mol. The zero-order chi connectivity index (χ0) is 22.3. The van der Waals surface area contributed by atoms with Crippen molar-refractivity contribution in [2.45, 2.75) is 31.1 Å². The highest BCUT2D eigenvalue weighted by Crippen LogP contribution is 2.49. The molecule has 32 heavy (non-hydrogen) atoms. The Morgan fingerprint density at radius 1 is 1.22 bits per heavy atom. The number of hydrogen-bond acceptors (Lipinski definition) is 6. The molecule has 2 saturated heterocycles. The summed E-state index contributed by atoms with van der Waals surface area (Å²) in [6.45, 7) is 3.74. The van der Waals surface area contributed by atoms with Gasteiger partial charge >= 0.3 is 0 Å². The molecule has 0 spiro atoms. The third-order valence-electron chi connectivity index (χ3n) is 6.68. The predicted octanol–water partition coefficient (Wildman–Crippen LogP) is 3.10. The molecule has 0 radical (unpaired) electrons. The molecule has 0 amide bonds. The topological polar surface area (TPSA) is 78.0 Å². The first-order valence-electron chi connectivity index (χ1n) is 11.0. The Hall–Kier alpha value is -2.23. The zero-order valence-corrected chi connectivity index (χ0v) is 18.8. The molecule has 3 aliphatic heterocycles. The highest BCUT2D eigenvalue weighted by atomic mass is 32.2. The maximum Gasteiger partial charge on any atom is 0.217 e. The summed E-state index contributed by atoms with van der Waals surface area (Å²) in [5, 5.41) is -0.491. The number of ether oxygens (including phenoxy) is 3. The molecule has 3 aliphatic rings. The Morgan fingerprint density at radius 3 is 2.81 bits per heavy atom. The fraction of sp³-hybridized carbons (Fsp3) is 0.522. The van der Waals surface area contributed by atoms with Crippen molar-refractivity contribution >= 4 is 10.0 Å². The van der Waals surface area contributed by atoms with Crippen molar-refractivity contribution in [3.8, 4) is 11.6 Å². The average Bonchev–Trinajstić information content (AvgIpc) is 3.18. The second-order valence-electron chi connectivity index (χ2n) is 8.72. The van der Waals surface area contributed by atoms with Gasteiger partial charge in [0.05, 0.1) is 24.5 Å². The summed E-state index contributed by atoms with van der Waals surface area (Å²) in [6, 6.07) is 9.42. The molecule has 4 heterocycles. The molecule has 2 aromatic rings. The Kier molecular flexibility index (Phi) is 5.81. The van der Waals surface area contributed by atoms with Crippen LogP contribution in [-0.4, -0.2) is 55.9 Å². The largest absolute Gasteiger partial charge is 0.493 e. The van der Waals surface area contributed by atoms with E-state index in [1.807, 2.05) is 19.1 Å². The molecule has 2 fully saturated rings. The third kappa shape index (κ3) is 3.97. The molecular formula is C23H27FN2O5S. The number of sulfonamides is 1. The number of aryl methyl sites for hydroxylation is 1. The van der Waals surface area contributed by atoms with Crippen molar-refractivity contribution in [2.75, 3.05) is 33.0 Å². The minimum absolute atomic E-state index is 0.103. The normalized spacial score (nSPS) is 26.2. The van der Waals surface area contributed by atoms with Gasteiger partial charge in [-0.15, -0.1) is 0 Å². The van der Waals surface area contributed by atoms with Crippen LogP contribution in [0, 0.1) is 24.6 Å². The lowest BCUT2D eigenvalue weighted by atomic mass is 9.86. The molecule has 0 N–H and O–H groups in total. The van der Waals surface area contributed by atoms with Crippen molar-refractivity contribution in [1.29, 1.82) is 0 Å². The van der Waals surface area contributed by atoms with E-state index in [0.717, 1.165) is 5.69 Å². The van der Waals surface area contributed by atoms with Gasteiger partial charge in [-0.3, -0.25) is 0 Å². The quantitative estimate of drug-likeness (QED) is 0.680. The van der Waals surface area contributed by atoms with Crippen LogP contribution in [-0.2, 0) is 14.8 Å². The van der Waals surface area contributed by atoms with E-state index in [1.165, 1.54) is 12.1 Å². The predicted molar refractivity (Wildman–Crippen MR) is 116 cm³/mol. The maximum atomic E-state index is 14.2. The number of nitrogens with zero attached hydrogens (tertiary/aromatic N) is 2. The van der Waals surface area contributed by atoms with E-state index in [1.54, 1.807) is 16.4 Å². The van der Waals surface area contributed by atoms with Crippen molar-refractivity contribution in [2.24, 2.45) is 11.8 Å². The lowest BCUT2D eigenvalue weighted by Crippen LogP contribution is -2.42. The standard InChI is InChI=1S/C23H27FN2O5S/c1-15-3-2-4-22(25-15)31-13-16-12-26(32(27,28)18-7-9-29-10-8-18)23-19-11-17(24)5-6-21(19)30-14-20(16)23/h2-6,11,16,18,20,23H,7-10,12-14H2,1H3/t16-,20-,23-/m0/s1. The number of benzene rings is 1. The second kappa shape index (κ2) is 8.61. The van der Waals surface area contributed by atoms with Gasteiger partial charge in [0, 0.05) is 48.9 Å². The molecule has 5 rings (SSSR count). The lowest BCUT2D eigenvalue weighted by molar-refractivity contribution is 0.0965. The minimum Gasteiger partial charge on any atom is -0.493 e. The fourth-order valence-electron chi connectivity index (χ4n) is 5.03. The number of halogens is 1. The van der Waals surface area contributed by atoms with Crippen molar-refractivity contribution < 1.29 is 27.0 Å². The highest BCUT2D eigenvalue weighted by molar-refractivity contribution is 7.89. The van der Waals surface area contributed by atoms with Gasteiger partial charge in [0.2, 0.25) is 15.9 Å². The number of hydrogen-bond donors (Lipinski definition) is 0. The van der Waals surface area contributed by atoms with E-state index in [9.17, 15) is 12.8 Å².